The number of anilines is 2. The van der Waals surface area contributed by atoms with Crippen molar-refractivity contribution in [3.8, 4) is 0 Å². The molecule has 4 rings (SSSR count). The van der Waals surface area contributed by atoms with Crippen LogP contribution in [0.25, 0.3) is 0 Å². The molecule has 0 saturated carbocycles. The molecule has 1 aromatic heterocycles. The third-order valence-corrected chi connectivity index (χ3v) is 4.91. The van der Waals surface area contributed by atoms with Crippen LogP contribution in [0.2, 0.25) is 0 Å². The lowest BCUT2D eigenvalue weighted by atomic mass is 9.93. The second kappa shape index (κ2) is 7.26. The van der Waals surface area contributed by atoms with Crippen LogP contribution in [0.15, 0.2) is 65.9 Å². The van der Waals surface area contributed by atoms with Crippen molar-refractivity contribution in [2.75, 3.05) is 10.6 Å². The molecule has 7 heteroatoms. The molecule has 0 saturated heterocycles. The Morgan fingerprint density at radius 1 is 1.11 bits per heavy atom. The van der Waals surface area contributed by atoms with Crippen LogP contribution in [0.5, 0.6) is 0 Å². The highest BCUT2D eigenvalue weighted by Crippen LogP contribution is 2.35. The van der Waals surface area contributed by atoms with Gasteiger partial charge in [-0.1, -0.05) is 61.4 Å². The largest absolute Gasteiger partial charge is 0.326 e. The van der Waals surface area contributed by atoms with E-state index in [2.05, 4.69) is 52.1 Å². The summed E-state index contributed by atoms with van der Waals surface area (Å²) in [6, 6.07) is 17.3. The summed E-state index contributed by atoms with van der Waals surface area (Å²) in [4.78, 5) is 13.2. The van der Waals surface area contributed by atoms with Crippen molar-refractivity contribution < 1.29 is 4.79 Å². The molecule has 7 nitrogen and oxygen atoms in total. The van der Waals surface area contributed by atoms with E-state index < -0.39 is 6.04 Å². The summed E-state index contributed by atoms with van der Waals surface area (Å²) in [6.07, 6.45) is 0. The zero-order valence-electron chi connectivity index (χ0n) is 16.0. The van der Waals surface area contributed by atoms with Gasteiger partial charge in [0, 0.05) is 11.4 Å². The average molecular weight is 374 g/mol. The molecule has 0 bridgehead atoms. The Hall–Kier alpha value is -3.48. The number of benzene rings is 2. The van der Waals surface area contributed by atoms with Crippen molar-refractivity contribution in [3.63, 3.8) is 0 Å². The first-order valence-electron chi connectivity index (χ1n) is 9.26. The SMILES string of the molecule is CC1=C(C(=O)Nc2ccccc2)[C@H](c2ccc(C(C)C)cc2)n2nnnc2N1. The number of nitrogens with zero attached hydrogens (tertiary/aromatic N) is 4. The van der Waals surface area contributed by atoms with Gasteiger partial charge in [-0.25, -0.2) is 0 Å². The van der Waals surface area contributed by atoms with Gasteiger partial charge >= 0.3 is 0 Å². The molecule has 2 heterocycles. The van der Waals surface area contributed by atoms with Gasteiger partial charge in [0.1, 0.15) is 6.04 Å². The minimum absolute atomic E-state index is 0.185. The molecule has 1 amide bonds. The Morgan fingerprint density at radius 2 is 1.82 bits per heavy atom. The van der Waals surface area contributed by atoms with E-state index in [-0.39, 0.29) is 5.91 Å². The zero-order valence-corrected chi connectivity index (χ0v) is 16.0. The van der Waals surface area contributed by atoms with Gasteiger partial charge in [-0.05, 0) is 46.5 Å². The number of rotatable bonds is 4. The quantitative estimate of drug-likeness (QED) is 0.727. The van der Waals surface area contributed by atoms with Crippen LogP contribution in [0.4, 0.5) is 11.6 Å². The number of allylic oxidation sites excluding steroid dienone is 1. The Labute approximate surface area is 163 Å². The first-order valence-corrected chi connectivity index (χ1v) is 9.26. The van der Waals surface area contributed by atoms with Gasteiger partial charge in [-0.2, -0.15) is 4.68 Å². The van der Waals surface area contributed by atoms with E-state index in [0.29, 0.717) is 17.4 Å². The van der Waals surface area contributed by atoms with Crippen molar-refractivity contribution in [2.24, 2.45) is 0 Å². The lowest BCUT2D eigenvalue weighted by Crippen LogP contribution is -2.31. The summed E-state index contributed by atoms with van der Waals surface area (Å²) < 4.78 is 1.65. The Bertz CT molecular complexity index is 1020. The standard InChI is InChI=1S/C21H22N6O/c1-13(2)15-9-11-16(12-10-15)19-18(14(3)22-21-24-25-26-27(19)21)20(28)23-17-7-5-4-6-8-17/h4-13,19H,1-3H3,(H,23,28)(H,22,24,26)/t19-/m0/s1. The average Bonchev–Trinajstić information content (AvgIpc) is 3.15. The molecule has 142 valence electrons. The summed E-state index contributed by atoms with van der Waals surface area (Å²) in [5.74, 6) is 0.769. The molecule has 1 atom stereocenters. The fourth-order valence-corrected chi connectivity index (χ4v) is 3.40. The first-order chi connectivity index (χ1) is 13.5. The summed E-state index contributed by atoms with van der Waals surface area (Å²) in [6.45, 7) is 6.18. The maximum atomic E-state index is 13.2. The molecule has 0 radical (unpaired) electrons. The topological polar surface area (TPSA) is 84.7 Å². The van der Waals surface area contributed by atoms with Gasteiger partial charge in [0.25, 0.3) is 5.91 Å². The van der Waals surface area contributed by atoms with Crippen molar-refractivity contribution >= 4 is 17.5 Å². The van der Waals surface area contributed by atoms with Crippen LogP contribution >= 0.6 is 0 Å². The van der Waals surface area contributed by atoms with Crippen molar-refractivity contribution in [1.29, 1.82) is 0 Å². The molecule has 3 aromatic rings. The molecule has 28 heavy (non-hydrogen) atoms. The second-order valence-electron chi connectivity index (χ2n) is 7.15. The van der Waals surface area contributed by atoms with E-state index in [0.717, 1.165) is 16.9 Å². The lowest BCUT2D eigenvalue weighted by Gasteiger charge is -2.28. The number of hydrogen-bond donors (Lipinski definition) is 2. The van der Waals surface area contributed by atoms with Crippen LogP contribution in [0.1, 0.15) is 43.9 Å². The number of aromatic nitrogens is 4. The van der Waals surface area contributed by atoms with Crippen molar-refractivity contribution in [1.82, 2.24) is 20.2 Å². The number of carbonyl (C=O) groups excluding carboxylic acids is 1. The number of amides is 1. The van der Waals surface area contributed by atoms with E-state index in [4.69, 9.17) is 0 Å². The third kappa shape index (κ3) is 3.26. The van der Waals surface area contributed by atoms with Crippen LogP contribution in [-0.2, 0) is 4.79 Å². The number of nitrogens with one attached hydrogen (secondary N) is 2. The molecular formula is C21H22N6O. The minimum atomic E-state index is -0.406. The Balaban J connectivity index is 1.75. The smallest absolute Gasteiger partial charge is 0.255 e. The van der Waals surface area contributed by atoms with Gasteiger partial charge < -0.3 is 10.6 Å². The third-order valence-electron chi connectivity index (χ3n) is 4.91. The normalized spacial score (nSPS) is 15.9. The number of para-hydroxylation sites is 1. The highest BCUT2D eigenvalue weighted by molar-refractivity contribution is 6.05. The van der Waals surface area contributed by atoms with Gasteiger partial charge in [0.05, 0.1) is 5.57 Å². The van der Waals surface area contributed by atoms with Gasteiger partial charge in [0.15, 0.2) is 0 Å². The van der Waals surface area contributed by atoms with E-state index in [1.165, 1.54) is 5.56 Å². The highest BCUT2D eigenvalue weighted by atomic mass is 16.1. The summed E-state index contributed by atoms with van der Waals surface area (Å²) in [5, 5.41) is 18.0. The zero-order chi connectivity index (χ0) is 19.7. The Kier molecular flexibility index (Phi) is 4.65. The molecule has 1 aliphatic rings. The Morgan fingerprint density at radius 3 is 2.50 bits per heavy atom. The first kappa shape index (κ1) is 17.9. The molecular weight excluding hydrogens is 352 g/mol. The highest BCUT2D eigenvalue weighted by Gasteiger charge is 2.34. The summed E-state index contributed by atoms with van der Waals surface area (Å²) in [7, 11) is 0. The fraction of sp³-hybridized carbons (Fsp3) is 0.238. The maximum absolute atomic E-state index is 13.2. The van der Waals surface area contributed by atoms with E-state index >= 15 is 0 Å². The van der Waals surface area contributed by atoms with Crippen molar-refractivity contribution in [2.45, 2.75) is 32.7 Å². The molecule has 0 fully saturated rings. The van der Waals surface area contributed by atoms with Gasteiger partial charge in [-0.15, -0.1) is 0 Å². The molecule has 1 aliphatic heterocycles. The monoisotopic (exact) mass is 374 g/mol. The van der Waals surface area contributed by atoms with Crippen LogP contribution in [0, 0.1) is 0 Å². The number of tetrazole rings is 1. The molecule has 0 spiro atoms. The number of fused-ring (bicyclic) bond motifs is 1. The maximum Gasteiger partial charge on any atom is 0.255 e. The minimum Gasteiger partial charge on any atom is -0.326 e. The van der Waals surface area contributed by atoms with Crippen molar-refractivity contribution in [3.05, 3.63) is 77.0 Å². The second-order valence-corrected chi connectivity index (χ2v) is 7.15. The number of carbonyl (C=O) groups is 1. The predicted octanol–water partition coefficient (Wildman–Crippen LogP) is 3.72. The molecule has 0 unspecified atom stereocenters. The van der Waals surface area contributed by atoms with E-state index in [1.807, 2.05) is 49.4 Å². The van der Waals surface area contributed by atoms with Crippen LogP contribution in [-0.4, -0.2) is 26.1 Å². The summed E-state index contributed by atoms with van der Waals surface area (Å²) in [5.41, 5.74) is 4.25. The van der Waals surface area contributed by atoms with Gasteiger partial charge in [-0.3, -0.25) is 4.79 Å². The lowest BCUT2D eigenvalue weighted by molar-refractivity contribution is -0.113. The van der Waals surface area contributed by atoms with Crippen LogP contribution in [0.3, 0.4) is 0 Å². The van der Waals surface area contributed by atoms with E-state index in [9.17, 15) is 4.79 Å². The molecule has 2 N–H and O–H groups in total. The van der Waals surface area contributed by atoms with Gasteiger partial charge in [0.2, 0.25) is 5.95 Å². The van der Waals surface area contributed by atoms with Crippen LogP contribution < -0.4 is 10.6 Å². The number of hydrogen-bond acceptors (Lipinski definition) is 5. The molecule has 0 aliphatic carbocycles. The summed E-state index contributed by atoms with van der Waals surface area (Å²) >= 11 is 0. The fourth-order valence-electron chi connectivity index (χ4n) is 3.40. The predicted molar refractivity (Wildman–Crippen MR) is 108 cm³/mol. The molecule has 2 aromatic carbocycles. The van der Waals surface area contributed by atoms with E-state index in [1.54, 1.807) is 4.68 Å².